The number of amides is 3. The summed E-state index contributed by atoms with van der Waals surface area (Å²) in [6.07, 6.45) is 3.42. The number of piperidine rings is 1. The predicted octanol–water partition coefficient (Wildman–Crippen LogP) is 6.84. The molecular formula is C27H29ClN4O2. The number of nitrogens with one attached hydrogen (secondary N) is 3. The van der Waals surface area contributed by atoms with Crippen LogP contribution in [0.25, 0.3) is 0 Å². The van der Waals surface area contributed by atoms with Gasteiger partial charge >= 0.3 is 6.03 Å². The van der Waals surface area contributed by atoms with Gasteiger partial charge in [-0.25, -0.2) is 4.79 Å². The zero-order valence-electron chi connectivity index (χ0n) is 19.5. The van der Waals surface area contributed by atoms with Crippen LogP contribution in [0.15, 0.2) is 60.7 Å². The summed E-state index contributed by atoms with van der Waals surface area (Å²) in [5, 5.41) is 9.20. The first kappa shape index (κ1) is 23.6. The number of urea groups is 1. The normalized spacial score (nSPS) is 13.3. The Bertz CT molecular complexity index is 1200. The zero-order chi connectivity index (χ0) is 24.1. The second kappa shape index (κ2) is 10.6. The molecule has 1 aliphatic heterocycles. The molecule has 4 rings (SSSR count). The van der Waals surface area contributed by atoms with Crippen LogP contribution in [0.4, 0.5) is 27.5 Å². The molecule has 0 spiro atoms. The average molecular weight is 477 g/mol. The lowest BCUT2D eigenvalue weighted by atomic mass is 10.1. The molecule has 1 saturated heterocycles. The highest BCUT2D eigenvalue weighted by Gasteiger charge is 2.18. The molecule has 7 heteroatoms. The highest BCUT2D eigenvalue weighted by atomic mass is 35.5. The smallest absolute Gasteiger partial charge is 0.323 e. The second-order valence-corrected chi connectivity index (χ2v) is 9.07. The summed E-state index contributed by atoms with van der Waals surface area (Å²) in [7, 11) is 0. The first-order valence-electron chi connectivity index (χ1n) is 11.5. The Morgan fingerprint density at radius 2 is 1.53 bits per heavy atom. The van der Waals surface area contributed by atoms with Crippen LogP contribution in [0.2, 0.25) is 5.02 Å². The Balaban J connectivity index is 1.57. The van der Waals surface area contributed by atoms with Crippen molar-refractivity contribution < 1.29 is 9.59 Å². The fourth-order valence-corrected chi connectivity index (χ4v) is 4.39. The Labute approximate surface area is 205 Å². The lowest BCUT2D eigenvalue weighted by molar-refractivity contribution is 0.102. The third kappa shape index (κ3) is 5.88. The van der Waals surface area contributed by atoms with Crippen LogP contribution in [0.5, 0.6) is 0 Å². The van der Waals surface area contributed by atoms with Gasteiger partial charge < -0.3 is 20.9 Å². The predicted molar refractivity (Wildman–Crippen MR) is 140 cm³/mol. The molecule has 0 saturated carbocycles. The molecule has 3 amide bonds. The Morgan fingerprint density at radius 3 is 2.26 bits per heavy atom. The monoisotopic (exact) mass is 476 g/mol. The number of carbonyl (C=O) groups excluding carboxylic acids is 2. The molecular weight excluding hydrogens is 448 g/mol. The maximum atomic E-state index is 12.9. The summed E-state index contributed by atoms with van der Waals surface area (Å²) in [6.45, 7) is 5.74. The molecule has 176 valence electrons. The van der Waals surface area contributed by atoms with Crippen molar-refractivity contribution in [1.82, 2.24) is 0 Å². The first-order valence-corrected chi connectivity index (χ1v) is 11.9. The van der Waals surface area contributed by atoms with Crippen molar-refractivity contribution in [2.75, 3.05) is 33.9 Å². The van der Waals surface area contributed by atoms with Crippen LogP contribution in [0, 0.1) is 13.8 Å². The average Bonchev–Trinajstić information content (AvgIpc) is 2.82. The lowest BCUT2D eigenvalue weighted by Crippen LogP contribution is -2.31. The van der Waals surface area contributed by atoms with E-state index in [4.69, 9.17) is 11.6 Å². The van der Waals surface area contributed by atoms with Crippen LogP contribution in [0.1, 0.15) is 40.7 Å². The fourth-order valence-electron chi connectivity index (χ4n) is 4.11. The maximum absolute atomic E-state index is 12.9. The molecule has 1 fully saturated rings. The van der Waals surface area contributed by atoms with E-state index in [9.17, 15) is 9.59 Å². The van der Waals surface area contributed by atoms with Crippen LogP contribution < -0.4 is 20.9 Å². The number of anilines is 4. The third-order valence-corrected chi connectivity index (χ3v) is 6.17. The van der Waals surface area contributed by atoms with Crippen molar-refractivity contribution >= 4 is 46.3 Å². The molecule has 0 aliphatic carbocycles. The summed E-state index contributed by atoms with van der Waals surface area (Å²) in [6, 6.07) is 18.1. The molecule has 1 aliphatic rings. The molecule has 0 atom stereocenters. The molecule has 3 aromatic rings. The SMILES string of the molecule is Cc1cccc(C(=O)Nc2ccc(N3CCCCC3)c(NC(=O)Nc3ccc(C)cc3Cl)c2)c1. The van der Waals surface area contributed by atoms with Gasteiger partial charge in [0.2, 0.25) is 0 Å². The van der Waals surface area contributed by atoms with Gasteiger partial charge in [0.15, 0.2) is 0 Å². The molecule has 3 N–H and O–H groups in total. The largest absolute Gasteiger partial charge is 0.370 e. The van der Waals surface area contributed by atoms with Gasteiger partial charge in [0.05, 0.1) is 22.1 Å². The maximum Gasteiger partial charge on any atom is 0.323 e. The summed E-state index contributed by atoms with van der Waals surface area (Å²) in [5.41, 5.74) is 5.32. The molecule has 0 radical (unpaired) electrons. The standard InChI is InChI=1S/C27H29ClN4O2/c1-18-7-6-8-20(15-18)26(33)29-21-10-12-25(32-13-4-3-5-14-32)24(17-21)31-27(34)30-23-11-9-19(2)16-22(23)28/h6-12,15-17H,3-5,13-14H2,1-2H3,(H,29,33)(H2,30,31,34). The minimum absolute atomic E-state index is 0.198. The van der Waals surface area contributed by atoms with Gasteiger partial charge in [-0.1, -0.05) is 35.4 Å². The van der Waals surface area contributed by atoms with Crippen LogP contribution in [-0.2, 0) is 0 Å². The van der Waals surface area contributed by atoms with Crippen LogP contribution in [0.3, 0.4) is 0 Å². The molecule has 34 heavy (non-hydrogen) atoms. The number of rotatable bonds is 5. The van der Waals surface area contributed by atoms with E-state index < -0.39 is 6.03 Å². The molecule has 1 heterocycles. The van der Waals surface area contributed by atoms with Crippen molar-refractivity contribution in [1.29, 1.82) is 0 Å². The Morgan fingerprint density at radius 1 is 0.794 bits per heavy atom. The summed E-state index contributed by atoms with van der Waals surface area (Å²) in [4.78, 5) is 27.9. The van der Waals surface area contributed by atoms with Crippen molar-refractivity contribution in [3.05, 3.63) is 82.4 Å². The molecule has 0 aromatic heterocycles. The molecule has 3 aromatic carbocycles. The number of carbonyl (C=O) groups is 2. The topological polar surface area (TPSA) is 73.5 Å². The number of halogens is 1. The fraction of sp³-hybridized carbons (Fsp3) is 0.259. The summed E-state index contributed by atoms with van der Waals surface area (Å²) in [5.74, 6) is -0.198. The van der Waals surface area contributed by atoms with Crippen molar-refractivity contribution in [3.8, 4) is 0 Å². The highest BCUT2D eigenvalue weighted by molar-refractivity contribution is 6.33. The van der Waals surface area contributed by atoms with Gasteiger partial charge in [-0.3, -0.25) is 4.79 Å². The summed E-state index contributed by atoms with van der Waals surface area (Å²) < 4.78 is 0. The van der Waals surface area contributed by atoms with Crippen molar-refractivity contribution in [2.45, 2.75) is 33.1 Å². The summed E-state index contributed by atoms with van der Waals surface area (Å²) >= 11 is 6.28. The minimum atomic E-state index is -0.397. The molecule has 0 unspecified atom stereocenters. The number of nitrogens with zero attached hydrogens (tertiary/aromatic N) is 1. The van der Waals surface area contributed by atoms with Crippen LogP contribution >= 0.6 is 11.6 Å². The number of hydrogen-bond donors (Lipinski definition) is 3. The molecule has 6 nitrogen and oxygen atoms in total. The van der Waals surface area contributed by atoms with Gasteiger partial charge in [0, 0.05) is 24.3 Å². The van der Waals surface area contributed by atoms with Gasteiger partial charge in [0.1, 0.15) is 0 Å². The van der Waals surface area contributed by atoms with Gasteiger partial charge in [0.25, 0.3) is 5.91 Å². The number of benzene rings is 3. The molecule has 0 bridgehead atoms. The first-order chi connectivity index (χ1) is 16.4. The minimum Gasteiger partial charge on any atom is -0.370 e. The van der Waals surface area contributed by atoms with E-state index in [-0.39, 0.29) is 5.91 Å². The highest BCUT2D eigenvalue weighted by Crippen LogP contribution is 2.32. The van der Waals surface area contributed by atoms with E-state index >= 15 is 0 Å². The van der Waals surface area contributed by atoms with Gasteiger partial charge in [-0.2, -0.15) is 0 Å². The number of hydrogen-bond acceptors (Lipinski definition) is 3. The zero-order valence-corrected chi connectivity index (χ0v) is 20.2. The van der Waals surface area contributed by atoms with Gasteiger partial charge in [-0.05, 0) is 81.1 Å². The van der Waals surface area contributed by atoms with Crippen molar-refractivity contribution in [2.24, 2.45) is 0 Å². The quantitative estimate of drug-likeness (QED) is 0.377. The van der Waals surface area contributed by atoms with E-state index in [0.29, 0.717) is 27.6 Å². The Kier molecular flexibility index (Phi) is 7.38. The lowest BCUT2D eigenvalue weighted by Gasteiger charge is -2.31. The van der Waals surface area contributed by atoms with E-state index in [1.807, 2.05) is 50.2 Å². The number of aryl methyl sites for hydroxylation is 2. The Hall–Kier alpha value is -3.51. The van der Waals surface area contributed by atoms with E-state index in [0.717, 1.165) is 42.7 Å². The van der Waals surface area contributed by atoms with Crippen molar-refractivity contribution in [3.63, 3.8) is 0 Å². The van der Waals surface area contributed by atoms with E-state index in [1.165, 1.54) is 6.42 Å². The third-order valence-electron chi connectivity index (χ3n) is 5.85. The second-order valence-electron chi connectivity index (χ2n) is 8.67. The van der Waals surface area contributed by atoms with Gasteiger partial charge in [-0.15, -0.1) is 0 Å². The van der Waals surface area contributed by atoms with Crippen LogP contribution in [-0.4, -0.2) is 25.0 Å². The van der Waals surface area contributed by atoms with E-state index in [2.05, 4.69) is 20.9 Å². The van der Waals surface area contributed by atoms with E-state index in [1.54, 1.807) is 24.3 Å².